The first-order valence-corrected chi connectivity index (χ1v) is 7.55. The van der Waals surface area contributed by atoms with Crippen molar-refractivity contribution >= 4 is 15.7 Å². The molecule has 1 atom stereocenters. The third kappa shape index (κ3) is 3.43. The fraction of sp³-hybridized carbons (Fsp3) is 0.583. The van der Waals surface area contributed by atoms with Gasteiger partial charge in [0.25, 0.3) is 10.0 Å². The smallest absolute Gasteiger partial charge is 0.260 e. The summed E-state index contributed by atoms with van der Waals surface area (Å²) < 4.78 is 27.2. The van der Waals surface area contributed by atoms with Crippen molar-refractivity contribution in [1.29, 1.82) is 0 Å². The first-order chi connectivity index (χ1) is 8.42. The summed E-state index contributed by atoms with van der Waals surface area (Å²) in [5, 5.41) is 2.89. The number of aromatic nitrogens is 1. The van der Waals surface area contributed by atoms with E-state index in [2.05, 4.69) is 15.0 Å². The fourth-order valence-electron chi connectivity index (χ4n) is 1.74. The lowest BCUT2D eigenvalue weighted by atomic mass is 10.0. The molecule has 0 spiro atoms. The average Bonchev–Trinajstić information content (AvgIpc) is 2.35. The molecule has 102 valence electrons. The van der Waals surface area contributed by atoms with Gasteiger partial charge in [-0.05, 0) is 24.5 Å². The van der Waals surface area contributed by atoms with E-state index in [4.69, 9.17) is 0 Å². The Hall–Kier alpha value is -1.14. The van der Waals surface area contributed by atoms with Crippen LogP contribution in [0.2, 0.25) is 0 Å². The number of anilines is 1. The highest BCUT2D eigenvalue weighted by atomic mass is 32.2. The van der Waals surface area contributed by atoms with Crippen molar-refractivity contribution in [1.82, 2.24) is 9.71 Å². The van der Waals surface area contributed by atoms with Crippen LogP contribution in [0, 0.1) is 5.92 Å². The van der Waals surface area contributed by atoms with Crippen LogP contribution in [0.4, 0.5) is 5.69 Å². The zero-order chi connectivity index (χ0) is 13.8. The Morgan fingerprint density at radius 2 is 2.06 bits per heavy atom. The van der Waals surface area contributed by atoms with Gasteiger partial charge < -0.3 is 5.32 Å². The largest absolute Gasteiger partial charge is 0.386 e. The summed E-state index contributed by atoms with van der Waals surface area (Å²) >= 11 is 0. The Morgan fingerprint density at radius 3 is 2.56 bits per heavy atom. The van der Waals surface area contributed by atoms with Crippen LogP contribution in [0.1, 0.15) is 27.2 Å². The van der Waals surface area contributed by atoms with E-state index in [1.54, 1.807) is 19.2 Å². The molecule has 1 heterocycles. The quantitative estimate of drug-likeness (QED) is 0.828. The summed E-state index contributed by atoms with van der Waals surface area (Å²) in [7, 11) is -1.91. The summed E-state index contributed by atoms with van der Waals surface area (Å²) in [5.41, 5.74) is 0.503. The molecule has 0 amide bonds. The SMILES string of the molecule is CCC(NS(=O)(=O)c1ncccc1NC)C(C)C. The highest BCUT2D eigenvalue weighted by molar-refractivity contribution is 7.89. The van der Waals surface area contributed by atoms with Crippen molar-refractivity contribution in [2.24, 2.45) is 5.92 Å². The van der Waals surface area contributed by atoms with Crippen molar-refractivity contribution < 1.29 is 8.42 Å². The van der Waals surface area contributed by atoms with Crippen molar-refractivity contribution in [2.45, 2.75) is 38.3 Å². The Bertz CT molecular complexity index is 486. The Labute approximate surface area is 109 Å². The van der Waals surface area contributed by atoms with Gasteiger partial charge in [-0.15, -0.1) is 0 Å². The molecular weight excluding hydrogens is 250 g/mol. The van der Waals surface area contributed by atoms with Gasteiger partial charge in [0.15, 0.2) is 5.03 Å². The number of rotatable bonds is 6. The molecule has 0 saturated heterocycles. The van der Waals surface area contributed by atoms with Crippen molar-refractivity contribution in [2.75, 3.05) is 12.4 Å². The van der Waals surface area contributed by atoms with Gasteiger partial charge in [-0.25, -0.2) is 18.1 Å². The van der Waals surface area contributed by atoms with Gasteiger partial charge in [0.05, 0.1) is 5.69 Å². The lowest BCUT2D eigenvalue weighted by Gasteiger charge is -2.20. The highest BCUT2D eigenvalue weighted by Gasteiger charge is 2.24. The molecule has 0 bridgehead atoms. The van der Waals surface area contributed by atoms with Crippen LogP contribution < -0.4 is 10.0 Å². The molecule has 0 aromatic carbocycles. The molecular formula is C12H21N3O2S. The Morgan fingerprint density at radius 1 is 1.39 bits per heavy atom. The van der Waals surface area contributed by atoms with Crippen molar-refractivity contribution in [3.63, 3.8) is 0 Å². The molecule has 0 aliphatic carbocycles. The normalized spacial score (nSPS) is 13.6. The monoisotopic (exact) mass is 271 g/mol. The maximum atomic E-state index is 12.3. The molecule has 6 heteroatoms. The van der Waals surface area contributed by atoms with E-state index in [9.17, 15) is 8.42 Å². The first-order valence-electron chi connectivity index (χ1n) is 6.07. The number of hydrogen-bond donors (Lipinski definition) is 2. The van der Waals surface area contributed by atoms with E-state index in [1.165, 1.54) is 6.20 Å². The van der Waals surface area contributed by atoms with E-state index in [1.807, 2.05) is 20.8 Å². The topological polar surface area (TPSA) is 71.1 Å². The lowest BCUT2D eigenvalue weighted by molar-refractivity contribution is 0.436. The molecule has 1 unspecified atom stereocenters. The maximum Gasteiger partial charge on any atom is 0.260 e. The molecule has 1 aromatic heterocycles. The average molecular weight is 271 g/mol. The molecule has 18 heavy (non-hydrogen) atoms. The van der Waals surface area contributed by atoms with E-state index >= 15 is 0 Å². The second-order valence-corrected chi connectivity index (χ2v) is 6.12. The van der Waals surface area contributed by atoms with Crippen LogP contribution in [0.15, 0.2) is 23.4 Å². The van der Waals surface area contributed by atoms with Crippen LogP contribution in [0.5, 0.6) is 0 Å². The van der Waals surface area contributed by atoms with Gasteiger partial charge in [0, 0.05) is 19.3 Å². The molecule has 2 N–H and O–H groups in total. The molecule has 1 rings (SSSR count). The van der Waals surface area contributed by atoms with Gasteiger partial charge in [-0.3, -0.25) is 0 Å². The molecule has 1 aromatic rings. The zero-order valence-corrected chi connectivity index (χ0v) is 12.1. The van der Waals surface area contributed by atoms with Crippen LogP contribution in [0.25, 0.3) is 0 Å². The zero-order valence-electron chi connectivity index (χ0n) is 11.3. The van der Waals surface area contributed by atoms with Crippen LogP contribution in [-0.2, 0) is 10.0 Å². The molecule has 5 nitrogen and oxygen atoms in total. The van der Waals surface area contributed by atoms with Crippen LogP contribution in [0.3, 0.4) is 0 Å². The van der Waals surface area contributed by atoms with Crippen LogP contribution in [-0.4, -0.2) is 26.5 Å². The van der Waals surface area contributed by atoms with E-state index in [-0.39, 0.29) is 17.0 Å². The number of nitrogens with zero attached hydrogens (tertiary/aromatic N) is 1. The van der Waals surface area contributed by atoms with E-state index < -0.39 is 10.0 Å². The number of pyridine rings is 1. The van der Waals surface area contributed by atoms with Gasteiger partial charge in [0.1, 0.15) is 0 Å². The maximum absolute atomic E-state index is 12.3. The third-order valence-electron chi connectivity index (χ3n) is 2.85. The minimum absolute atomic E-state index is 0.0478. The molecule has 0 aliphatic heterocycles. The Kier molecular flexibility index (Phi) is 5.10. The van der Waals surface area contributed by atoms with Crippen molar-refractivity contribution in [3.05, 3.63) is 18.3 Å². The first kappa shape index (κ1) is 14.9. The second-order valence-electron chi connectivity index (χ2n) is 4.49. The minimum Gasteiger partial charge on any atom is -0.386 e. The summed E-state index contributed by atoms with van der Waals surface area (Å²) in [6.45, 7) is 5.95. The fourth-order valence-corrected chi connectivity index (χ4v) is 3.35. The predicted molar refractivity (Wildman–Crippen MR) is 73.0 cm³/mol. The standard InChI is InChI=1S/C12H21N3O2S/c1-5-10(9(2)3)15-18(16,17)12-11(13-4)7-6-8-14-12/h6-10,13,15H,5H2,1-4H3. The summed E-state index contributed by atoms with van der Waals surface area (Å²) in [4.78, 5) is 3.95. The van der Waals surface area contributed by atoms with Gasteiger partial charge in [-0.2, -0.15) is 0 Å². The van der Waals surface area contributed by atoms with Gasteiger partial charge in [-0.1, -0.05) is 20.8 Å². The lowest BCUT2D eigenvalue weighted by Crippen LogP contribution is -2.38. The molecule has 0 aliphatic rings. The number of hydrogen-bond acceptors (Lipinski definition) is 4. The molecule has 0 saturated carbocycles. The number of nitrogens with one attached hydrogen (secondary N) is 2. The van der Waals surface area contributed by atoms with Crippen LogP contribution >= 0.6 is 0 Å². The molecule has 0 fully saturated rings. The number of sulfonamides is 1. The summed E-state index contributed by atoms with van der Waals surface area (Å²) in [6.07, 6.45) is 2.23. The minimum atomic E-state index is -3.58. The van der Waals surface area contributed by atoms with E-state index in [0.29, 0.717) is 5.69 Å². The Balaban J connectivity index is 3.06. The predicted octanol–water partition coefficient (Wildman–Crippen LogP) is 1.84. The third-order valence-corrected chi connectivity index (χ3v) is 4.29. The van der Waals surface area contributed by atoms with Gasteiger partial charge in [0.2, 0.25) is 0 Å². The highest BCUT2D eigenvalue weighted by Crippen LogP contribution is 2.18. The second kappa shape index (κ2) is 6.15. The summed E-state index contributed by atoms with van der Waals surface area (Å²) in [5.74, 6) is 0.242. The van der Waals surface area contributed by atoms with Gasteiger partial charge >= 0.3 is 0 Å². The van der Waals surface area contributed by atoms with E-state index in [0.717, 1.165) is 6.42 Å². The molecule has 0 radical (unpaired) electrons. The summed E-state index contributed by atoms with van der Waals surface area (Å²) in [6, 6.07) is 3.31. The van der Waals surface area contributed by atoms with Crippen molar-refractivity contribution in [3.8, 4) is 0 Å².